The van der Waals surface area contributed by atoms with Gasteiger partial charge in [0.15, 0.2) is 0 Å². The fourth-order valence-electron chi connectivity index (χ4n) is 2.69. The number of alkyl halides is 6. The highest BCUT2D eigenvalue weighted by Crippen LogP contribution is 2.14. The number of carboxylic acids is 2. The molecule has 1 aliphatic heterocycles. The smallest absolute Gasteiger partial charge is 0.490 e. The number of carbonyl (C=O) groups excluding carboxylic acids is 1. The third kappa shape index (κ3) is 13.2. The molecular weight excluding hydrogens is 568 g/mol. The van der Waals surface area contributed by atoms with Crippen molar-refractivity contribution >= 4 is 29.5 Å². The van der Waals surface area contributed by atoms with Gasteiger partial charge in [-0.1, -0.05) is 24.3 Å². The summed E-state index contributed by atoms with van der Waals surface area (Å²) in [6.45, 7) is 2.46. The van der Waals surface area contributed by atoms with E-state index >= 15 is 0 Å². The lowest BCUT2D eigenvalue weighted by atomic mass is 10.1. The van der Waals surface area contributed by atoms with Crippen molar-refractivity contribution in [2.24, 2.45) is 10.7 Å². The molecule has 0 radical (unpaired) electrons. The van der Waals surface area contributed by atoms with Crippen LogP contribution >= 0.6 is 0 Å². The minimum absolute atomic E-state index is 0.00779. The number of hydrogen-bond donors (Lipinski definition) is 6. The first kappa shape index (κ1) is 34.2. The Hall–Kier alpha value is -4.83. The summed E-state index contributed by atoms with van der Waals surface area (Å²) in [6.07, 6.45) is -9.12. The van der Waals surface area contributed by atoms with Gasteiger partial charge in [0.2, 0.25) is 0 Å². The van der Waals surface area contributed by atoms with Crippen molar-refractivity contribution in [3.63, 3.8) is 0 Å². The van der Waals surface area contributed by atoms with Crippen LogP contribution < -0.4 is 21.1 Å². The maximum absolute atomic E-state index is 12.2. The maximum Gasteiger partial charge on any atom is 0.490 e. The van der Waals surface area contributed by atoms with E-state index in [1.54, 1.807) is 36.4 Å². The number of carbonyl (C=O) groups is 3. The Balaban J connectivity index is 0.000000497. The molecule has 1 aliphatic rings. The lowest BCUT2D eigenvalue weighted by Crippen LogP contribution is -2.30. The SMILES string of the molecule is N=C(N)c1cccc(OCCNC(=O)c2ccc(C3=NCCCN3)cc2)c1.O=C(O)C(F)(F)F.O=C(O)C(F)(F)F. The van der Waals surface area contributed by atoms with Gasteiger partial charge in [0.25, 0.3) is 5.91 Å². The van der Waals surface area contributed by atoms with Crippen molar-refractivity contribution in [2.75, 3.05) is 26.2 Å². The van der Waals surface area contributed by atoms with E-state index in [9.17, 15) is 31.1 Å². The number of halogens is 6. The van der Waals surface area contributed by atoms with Crippen LogP contribution in [-0.2, 0) is 9.59 Å². The number of hydrogen-bond acceptors (Lipinski definition) is 7. The molecule has 0 aromatic heterocycles. The molecule has 0 saturated carbocycles. The quantitative estimate of drug-likeness (QED) is 0.122. The lowest BCUT2D eigenvalue weighted by molar-refractivity contribution is -0.193. The topological polar surface area (TPSA) is 187 Å². The second-order valence-electron chi connectivity index (χ2n) is 7.74. The number of benzene rings is 2. The molecule has 0 spiro atoms. The molecule has 0 fully saturated rings. The molecule has 11 nitrogen and oxygen atoms in total. The zero-order valence-corrected chi connectivity index (χ0v) is 21.0. The number of nitrogen functional groups attached to an aromatic ring is 1. The number of nitrogens with two attached hydrogens (primary N) is 1. The Labute approximate surface area is 228 Å². The molecule has 17 heteroatoms. The van der Waals surface area contributed by atoms with E-state index in [1.807, 2.05) is 12.1 Å². The minimum Gasteiger partial charge on any atom is -0.492 e. The summed E-state index contributed by atoms with van der Waals surface area (Å²) in [7, 11) is 0. The summed E-state index contributed by atoms with van der Waals surface area (Å²) < 4.78 is 69.1. The molecule has 3 rings (SSSR count). The van der Waals surface area contributed by atoms with Crippen LogP contribution in [0.2, 0.25) is 0 Å². The summed E-state index contributed by atoms with van der Waals surface area (Å²) in [5, 5.41) is 27.8. The Morgan fingerprint density at radius 1 is 0.976 bits per heavy atom. The Morgan fingerprint density at radius 3 is 2.00 bits per heavy atom. The molecule has 7 N–H and O–H groups in total. The van der Waals surface area contributed by atoms with Crippen LogP contribution in [0.3, 0.4) is 0 Å². The summed E-state index contributed by atoms with van der Waals surface area (Å²) in [5.41, 5.74) is 7.64. The number of aliphatic imine (C=N–C) groups is 1. The van der Waals surface area contributed by atoms with Gasteiger partial charge in [-0.3, -0.25) is 15.2 Å². The highest BCUT2D eigenvalue weighted by molar-refractivity contribution is 6.00. The minimum atomic E-state index is -5.08. The van der Waals surface area contributed by atoms with Crippen molar-refractivity contribution in [1.82, 2.24) is 10.6 Å². The first-order valence-electron chi connectivity index (χ1n) is 11.4. The van der Waals surface area contributed by atoms with Crippen LogP contribution in [0, 0.1) is 5.41 Å². The van der Waals surface area contributed by atoms with Crippen LogP contribution in [0.1, 0.15) is 27.9 Å². The highest BCUT2D eigenvalue weighted by Gasteiger charge is 2.38. The van der Waals surface area contributed by atoms with Gasteiger partial charge in [-0.05, 0) is 30.7 Å². The van der Waals surface area contributed by atoms with Gasteiger partial charge >= 0.3 is 24.3 Å². The van der Waals surface area contributed by atoms with Gasteiger partial charge in [0.1, 0.15) is 24.0 Å². The standard InChI is InChI=1S/C20H23N5O2.2C2HF3O2/c21-18(22)16-3-1-4-17(13-16)27-12-11-25-20(26)15-7-5-14(6-8-15)19-23-9-2-10-24-19;2*3-2(4,5)1(6)7/h1,3-8,13H,2,9-12H2,(H3,21,22)(H,23,24)(H,25,26);2*(H,6,7). The monoisotopic (exact) mass is 593 g/mol. The molecule has 0 unspecified atom stereocenters. The number of aliphatic carboxylic acids is 2. The van der Waals surface area contributed by atoms with Crippen LogP contribution in [0.5, 0.6) is 5.75 Å². The number of carboxylic acid groups (broad SMARTS) is 2. The molecule has 1 amide bonds. The summed E-state index contributed by atoms with van der Waals surface area (Å²) >= 11 is 0. The fraction of sp³-hybridized carbons (Fsp3) is 0.292. The predicted molar refractivity (Wildman–Crippen MR) is 133 cm³/mol. The number of amidine groups is 2. The average molecular weight is 593 g/mol. The predicted octanol–water partition coefficient (Wildman–Crippen LogP) is 2.79. The van der Waals surface area contributed by atoms with Gasteiger partial charge in [0.05, 0.1) is 6.54 Å². The first-order chi connectivity index (χ1) is 19.0. The van der Waals surface area contributed by atoms with Crippen molar-refractivity contribution in [3.8, 4) is 5.75 Å². The van der Waals surface area contributed by atoms with Gasteiger partial charge in [-0.25, -0.2) is 9.59 Å². The van der Waals surface area contributed by atoms with E-state index in [0.717, 1.165) is 30.9 Å². The van der Waals surface area contributed by atoms with E-state index in [2.05, 4.69) is 15.6 Å². The molecule has 0 bridgehead atoms. The third-order valence-corrected chi connectivity index (χ3v) is 4.60. The Kier molecular flexibility index (Phi) is 13.1. The molecule has 0 atom stereocenters. The van der Waals surface area contributed by atoms with E-state index in [1.165, 1.54) is 0 Å². The lowest BCUT2D eigenvalue weighted by Gasteiger charge is -2.14. The number of nitrogens with one attached hydrogen (secondary N) is 3. The van der Waals surface area contributed by atoms with E-state index in [-0.39, 0.29) is 11.7 Å². The molecule has 224 valence electrons. The number of rotatable bonds is 7. The van der Waals surface area contributed by atoms with Crippen LogP contribution in [-0.4, -0.2) is 78.3 Å². The van der Waals surface area contributed by atoms with Crippen LogP contribution in [0.25, 0.3) is 0 Å². The molecular formula is C24H25F6N5O6. The summed E-state index contributed by atoms with van der Waals surface area (Å²) in [6, 6.07) is 14.4. The zero-order chi connectivity index (χ0) is 31.2. The first-order valence-corrected chi connectivity index (χ1v) is 11.4. The molecule has 0 aliphatic carbocycles. The third-order valence-electron chi connectivity index (χ3n) is 4.60. The number of amides is 1. The second-order valence-corrected chi connectivity index (χ2v) is 7.74. The maximum atomic E-state index is 12.2. The second kappa shape index (κ2) is 15.7. The van der Waals surface area contributed by atoms with Gasteiger partial charge < -0.3 is 31.3 Å². The molecule has 1 heterocycles. The zero-order valence-electron chi connectivity index (χ0n) is 21.0. The Morgan fingerprint density at radius 2 is 1.54 bits per heavy atom. The van der Waals surface area contributed by atoms with Crippen LogP contribution in [0.4, 0.5) is 26.3 Å². The number of ether oxygens (including phenoxy) is 1. The average Bonchev–Trinajstić information content (AvgIpc) is 2.91. The normalized spacial score (nSPS) is 12.6. The van der Waals surface area contributed by atoms with Gasteiger partial charge in [-0.2, -0.15) is 26.3 Å². The summed E-state index contributed by atoms with van der Waals surface area (Å²) in [4.78, 5) is 34.5. The van der Waals surface area contributed by atoms with E-state index in [0.29, 0.717) is 30.0 Å². The summed E-state index contributed by atoms with van der Waals surface area (Å²) in [5.74, 6) is -4.18. The van der Waals surface area contributed by atoms with Crippen molar-refractivity contribution in [2.45, 2.75) is 18.8 Å². The van der Waals surface area contributed by atoms with Crippen molar-refractivity contribution < 1.29 is 55.7 Å². The van der Waals surface area contributed by atoms with Gasteiger partial charge in [-0.15, -0.1) is 0 Å². The molecule has 0 saturated heterocycles. The Bertz CT molecular complexity index is 1210. The van der Waals surface area contributed by atoms with Crippen molar-refractivity contribution in [1.29, 1.82) is 5.41 Å². The largest absolute Gasteiger partial charge is 0.492 e. The molecule has 2 aromatic carbocycles. The molecule has 41 heavy (non-hydrogen) atoms. The van der Waals surface area contributed by atoms with E-state index in [4.69, 9.17) is 35.7 Å². The van der Waals surface area contributed by atoms with Crippen molar-refractivity contribution in [3.05, 3.63) is 65.2 Å². The van der Waals surface area contributed by atoms with Crippen LogP contribution in [0.15, 0.2) is 53.5 Å². The van der Waals surface area contributed by atoms with E-state index < -0.39 is 24.3 Å². The number of nitrogens with zero attached hydrogens (tertiary/aromatic N) is 1. The van der Waals surface area contributed by atoms with Gasteiger partial charge in [0, 0.05) is 29.8 Å². The molecule has 2 aromatic rings. The fourth-order valence-corrected chi connectivity index (χ4v) is 2.69. The highest BCUT2D eigenvalue weighted by atomic mass is 19.4.